The Morgan fingerprint density at radius 2 is 1.77 bits per heavy atom. The van der Waals surface area contributed by atoms with E-state index in [0.29, 0.717) is 41.6 Å². The predicted molar refractivity (Wildman–Crippen MR) is 118 cm³/mol. The molecule has 1 saturated heterocycles. The van der Waals surface area contributed by atoms with Gasteiger partial charge in [0.15, 0.2) is 5.78 Å². The minimum Gasteiger partial charge on any atom is -0.496 e. The molecule has 4 rings (SSSR count). The number of hydrogen-bond acceptors (Lipinski definition) is 6. The number of ketones is 1. The standard InChI is InChI=1S/C23H27NO5.ClH/c1-3-10-28-16-14-18-22(20(15-16)26-2)21-17(23(18)25)5-4-6-19(21)29-13-9-24-7-11-27-12-8-24;/h4-6,14-15H,3,7-13H2,1-2H3;1H. The fourth-order valence-corrected chi connectivity index (χ4v) is 3.84. The van der Waals surface area contributed by atoms with E-state index >= 15 is 0 Å². The predicted octanol–water partition coefficient (Wildman–Crippen LogP) is 3.83. The molecule has 2 aromatic carbocycles. The van der Waals surface area contributed by atoms with E-state index in [-0.39, 0.29) is 18.2 Å². The molecule has 1 aliphatic carbocycles. The van der Waals surface area contributed by atoms with Crippen molar-refractivity contribution in [2.75, 3.05) is 53.2 Å². The second-order valence-electron chi connectivity index (χ2n) is 7.21. The van der Waals surface area contributed by atoms with Crippen molar-refractivity contribution in [3.05, 3.63) is 41.5 Å². The maximum Gasteiger partial charge on any atom is 0.194 e. The third-order valence-corrected chi connectivity index (χ3v) is 5.30. The summed E-state index contributed by atoms with van der Waals surface area (Å²) in [5.74, 6) is 1.97. The normalized spacial score (nSPS) is 15.2. The van der Waals surface area contributed by atoms with Crippen molar-refractivity contribution in [1.82, 2.24) is 4.90 Å². The fraction of sp³-hybridized carbons (Fsp3) is 0.435. The highest BCUT2D eigenvalue weighted by molar-refractivity contribution is 6.23. The van der Waals surface area contributed by atoms with Crippen molar-refractivity contribution < 1.29 is 23.7 Å². The van der Waals surface area contributed by atoms with E-state index in [2.05, 4.69) is 4.90 Å². The lowest BCUT2D eigenvalue weighted by molar-refractivity contribution is 0.0323. The van der Waals surface area contributed by atoms with Gasteiger partial charge < -0.3 is 18.9 Å². The van der Waals surface area contributed by atoms with Crippen LogP contribution in [-0.2, 0) is 4.74 Å². The number of rotatable bonds is 8. The molecule has 7 heteroatoms. The molecule has 0 spiro atoms. The van der Waals surface area contributed by atoms with Crippen LogP contribution in [0.1, 0.15) is 29.3 Å². The average Bonchev–Trinajstić information content (AvgIpc) is 3.05. The van der Waals surface area contributed by atoms with Crippen LogP contribution in [0.3, 0.4) is 0 Å². The Morgan fingerprint density at radius 1 is 1.00 bits per heavy atom. The molecule has 1 fully saturated rings. The molecule has 0 aromatic heterocycles. The number of benzene rings is 2. The highest BCUT2D eigenvalue weighted by Gasteiger charge is 2.33. The van der Waals surface area contributed by atoms with Crippen LogP contribution in [-0.4, -0.2) is 63.9 Å². The largest absolute Gasteiger partial charge is 0.496 e. The maximum atomic E-state index is 13.1. The van der Waals surface area contributed by atoms with E-state index in [1.54, 1.807) is 7.11 Å². The highest BCUT2D eigenvalue weighted by Crippen LogP contribution is 2.48. The van der Waals surface area contributed by atoms with Crippen LogP contribution in [0.5, 0.6) is 17.2 Å². The third kappa shape index (κ3) is 4.41. The van der Waals surface area contributed by atoms with Crippen molar-refractivity contribution in [2.45, 2.75) is 13.3 Å². The summed E-state index contributed by atoms with van der Waals surface area (Å²) in [6, 6.07) is 9.29. The Labute approximate surface area is 183 Å². The van der Waals surface area contributed by atoms with Gasteiger partial charge >= 0.3 is 0 Å². The molecule has 0 radical (unpaired) electrons. The Morgan fingerprint density at radius 3 is 2.50 bits per heavy atom. The van der Waals surface area contributed by atoms with Crippen LogP contribution in [0.15, 0.2) is 30.3 Å². The van der Waals surface area contributed by atoms with Crippen LogP contribution in [0.2, 0.25) is 0 Å². The first-order valence-corrected chi connectivity index (χ1v) is 10.2. The van der Waals surface area contributed by atoms with Crippen molar-refractivity contribution in [1.29, 1.82) is 0 Å². The van der Waals surface area contributed by atoms with Crippen LogP contribution in [0.4, 0.5) is 0 Å². The van der Waals surface area contributed by atoms with Gasteiger partial charge in [-0.25, -0.2) is 0 Å². The lowest BCUT2D eigenvalue weighted by atomic mass is 10.0. The van der Waals surface area contributed by atoms with Gasteiger partial charge in [-0.1, -0.05) is 19.1 Å². The number of methoxy groups -OCH3 is 1. The molecule has 6 nitrogen and oxygen atoms in total. The van der Waals surface area contributed by atoms with Crippen molar-refractivity contribution in [3.8, 4) is 28.4 Å². The first-order valence-electron chi connectivity index (χ1n) is 10.2. The number of fused-ring (bicyclic) bond motifs is 3. The number of hydrogen-bond donors (Lipinski definition) is 0. The van der Waals surface area contributed by atoms with E-state index in [1.165, 1.54) is 0 Å². The summed E-state index contributed by atoms with van der Waals surface area (Å²) in [5.41, 5.74) is 2.86. The Kier molecular flexibility index (Phi) is 7.58. The van der Waals surface area contributed by atoms with Gasteiger partial charge in [0.05, 0.1) is 26.9 Å². The molecule has 0 atom stereocenters. The zero-order chi connectivity index (χ0) is 20.2. The smallest absolute Gasteiger partial charge is 0.194 e. The summed E-state index contributed by atoms with van der Waals surface area (Å²) >= 11 is 0. The van der Waals surface area contributed by atoms with Gasteiger partial charge in [0.25, 0.3) is 0 Å². The van der Waals surface area contributed by atoms with Crippen molar-refractivity contribution in [3.63, 3.8) is 0 Å². The number of carbonyl (C=O) groups excluding carboxylic acids is 1. The van der Waals surface area contributed by atoms with E-state index in [0.717, 1.165) is 50.4 Å². The number of nitrogens with zero attached hydrogens (tertiary/aromatic N) is 1. The lowest BCUT2D eigenvalue weighted by Gasteiger charge is -2.26. The zero-order valence-corrected chi connectivity index (χ0v) is 18.3. The van der Waals surface area contributed by atoms with Crippen LogP contribution >= 0.6 is 12.4 Å². The van der Waals surface area contributed by atoms with E-state index in [9.17, 15) is 4.79 Å². The van der Waals surface area contributed by atoms with Gasteiger partial charge in [-0.2, -0.15) is 0 Å². The molecule has 162 valence electrons. The van der Waals surface area contributed by atoms with Crippen LogP contribution < -0.4 is 14.2 Å². The number of halogens is 1. The zero-order valence-electron chi connectivity index (χ0n) is 17.4. The summed E-state index contributed by atoms with van der Waals surface area (Å²) in [6.45, 7) is 7.40. The maximum absolute atomic E-state index is 13.1. The molecule has 0 N–H and O–H groups in total. The van der Waals surface area contributed by atoms with E-state index < -0.39 is 0 Å². The fourth-order valence-electron chi connectivity index (χ4n) is 3.84. The van der Waals surface area contributed by atoms with Gasteiger partial charge in [-0.05, 0) is 18.6 Å². The van der Waals surface area contributed by atoms with Gasteiger partial charge in [-0.3, -0.25) is 9.69 Å². The summed E-state index contributed by atoms with van der Waals surface area (Å²) in [5, 5.41) is 0. The molecule has 1 heterocycles. The first-order chi connectivity index (χ1) is 14.2. The average molecular weight is 434 g/mol. The van der Waals surface area contributed by atoms with Crippen molar-refractivity contribution >= 4 is 18.2 Å². The summed E-state index contributed by atoms with van der Waals surface area (Å²) in [6.07, 6.45) is 0.898. The molecule has 0 saturated carbocycles. The molecule has 1 aliphatic heterocycles. The molecule has 0 bridgehead atoms. The van der Waals surface area contributed by atoms with Gasteiger partial charge in [0, 0.05) is 48.0 Å². The topological polar surface area (TPSA) is 57.2 Å². The minimum absolute atomic E-state index is 0. The van der Waals surface area contributed by atoms with Gasteiger partial charge in [0.2, 0.25) is 0 Å². The Balaban J connectivity index is 0.00000256. The Bertz CT molecular complexity index is 895. The number of ether oxygens (including phenoxy) is 4. The SMILES string of the molecule is CCCOc1cc(OC)c2c(c1)C(=O)c1cccc(OCCN3CCOCC3)c1-2.Cl. The van der Waals surface area contributed by atoms with Crippen molar-refractivity contribution in [2.24, 2.45) is 0 Å². The third-order valence-electron chi connectivity index (χ3n) is 5.30. The summed E-state index contributed by atoms with van der Waals surface area (Å²) < 4.78 is 22.9. The van der Waals surface area contributed by atoms with Crippen LogP contribution in [0.25, 0.3) is 11.1 Å². The first kappa shape index (κ1) is 22.4. The summed E-state index contributed by atoms with van der Waals surface area (Å²) in [7, 11) is 1.61. The molecule has 30 heavy (non-hydrogen) atoms. The Hall–Kier alpha value is -2.28. The number of carbonyl (C=O) groups is 1. The monoisotopic (exact) mass is 433 g/mol. The van der Waals surface area contributed by atoms with Gasteiger partial charge in [0.1, 0.15) is 23.9 Å². The van der Waals surface area contributed by atoms with E-state index in [1.807, 2.05) is 37.3 Å². The highest BCUT2D eigenvalue weighted by atomic mass is 35.5. The second-order valence-corrected chi connectivity index (χ2v) is 7.21. The molecular formula is C23H28ClNO5. The number of morpholine rings is 1. The molecular weight excluding hydrogens is 406 g/mol. The molecule has 2 aliphatic rings. The lowest BCUT2D eigenvalue weighted by Crippen LogP contribution is -2.38. The molecule has 0 unspecified atom stereocenters. The summed E-state index contributed by atoms with van der Waals surface area (Å²) in [4.78, 5) is 15.4. The van der Waals surface area contributed by atoms with Crippen LogP contribution in [0, 0.1) is 0 Å². The molecule has 2 aromatic rings. The van der Waals surface area contributed by atoms with Gasteiger partial charge in [-0.15, -0.1) is 12.4 Å². The quantitative estimate of drug-likeness (QED) is 0.538. The minimum atomic E-state index is -0.0196. The van der Waals surface area contributed by atoms with E-state index in [4.69, 9.17) is 18.9 Å². The molecule has 0 amide bonds. The second kappa shape index (κ2) is 10.2.